The van der Waals surface area contributed by atoms with Crippen molar-refractivity contribution in [2.75, 3.05) is 5.32 Å². The Labute approximate surface area is 149 Å². The van der Waals surface area contributed by atoms with Gasteiger partial charge in [0.2, 0.25) is 5.91 Å². The van der Waals surface area contributed by atoms with E-state index in [2.05, 4.69) is 10.4 Å². The lowest BCUT2D eigenvalue weighted by Crippen LogP contribution is -2.19. The summed E-state index contributed by atoms with van der Waals surface area (Å²) in [6.45, 7) is 5.86. The molecule has 7 heteroatoms. The lowest BCUT2D eigenvalue weighted by atomic mass is 10.2. The van der Waals surface area contributed by atoms with Crippen LogP contribution in [0.15, 0.2) is 30.3 Å². The second-order valence-corrected chi connectivity index (χ2v) is 7.23. The maximum absolute atomic E-state index is 12.3. The molecule has 2 aromatic heterocycles. The van der Waals surface area contributed by atoms with Crippen molar-refractivity contribution in [1.82, 2.24) is 9.78 Å². The second-order valence-electron chi connectivity index (χ2n) is 6.14. The SMILES string of the molecule is Cc1cc(C)n(C(C)CC(=O)Nc2ccc3sc(C(=O)O)cc3c2)n1. The topological polar surface area (TPSA) is 84.2 Å². The molecule has 0 aliphatic carbocycles. The first-order valence-electron chi connectivity index (χ1n) is 7.93. The second kappa shape index (κ2) is 6.68. The van der Waals surface area contributed by atoms with E-state index in [4.69, 9.17) is 5.11 Å². The molecule has 2 heterocycles. The van der Waals surface area contributed by atoms with E-state index < -0.39 is 5.97 Å². The van der Waals surface area contributed by atoms with Crippen LogP contribution in [-0.4, -0.2) is 26.8 Å². The number of aryl methyl sites for hydroxylation is 2. The van der Waals surface area contributed by atoms with Crippen molar-refractivity contribution < 1.29 is 14.7 Å². The van der Waals surface area contributed by atoms with E-state index in [1.807, 2.05) is 37.6 Å². The Balaban J connectivity index is 1.71. The monoisotopic (exact) mass is 357 g/mol. The quantitative estimate of drug-likeness (QED) is 0.723. The summed E-state index contributed by atoms with van der Waals surface area (Å²) in [7, 11) is 0. The summed E-state index contributed by atoms with van der Waals surface area (Å²) >= 11 is 1.22. The van der Waals surface area contributed by atoms with Crippen LogP contribution in [0.1, 0.15) is 40.4 Å². The van der Waals surface area contributed by atoms with Crippen LogP contribution in [0.25, 0.3) is 10.1 Å². The molecule has 1 amide bonds. The van der Waals surface area contributed by atoms with Crippen LogP contribution in [0.4, 0.5) is 5.69 Å². The number of thiophene rings is 1. The van der Waals surface area contributed by atoms with Crippen molar-refractivity contribution in [3.05, 3.63) is 46.6 Å². The van der Waals surface area contributed by atoms with E-state index in [1.165, 1.54) is 11.3 Å². The molecule has 3 rings (SSSR count). The predicted molar refractivity (Wildman–Crippen MR) is 98.4 cm³/mol. The third kappa shape index (κ3) is 3.71. The number of nitrogens with one attached hydrogen (secondary N) is 1. The number of hydrogen-bond acceptors (Lipinski definition) is 4. The van der Waals surface area contributed by atoms with Gasteiger partial charge in [-0.2, -0.15) is 5.10 Å². The molecule has 0 saturated carbocycles. The molecule has 1 atom stereocenters. The number of nitrogens with zero attached hydrogens (tertiary/aromatic N) is 2. The average Bonchev–Trinajstić information content (AvgIpc) is 3.09. The number of rotatable bonds is 5. The summed E-state index contributed by atoms with van der Waals surface area (Å²) in [5.74, 6) is -1.04. The van der Waals surface area contributed by atoms with Crippen molar-refractivity contribution in [2.24, 2.45) is 0 Å². The number of aromatic nitrogens is 2. The predicted octanol–water partition coefficient (Wildman–Crippen LogP) is 4.00. The molecule has 25 heavy (non-hydrogen) atoms. The van der Waals surface area contributed by atoms with Gasteiger partial charge in [0.05, 0.1) is 11.7 Å². The molecule has 2 N–H and O–H groups in total. The van der Waals surface area contributed by atoms with Crippen LogP contribution < -0.4 is 5.32 Å². The molecule has 0 radical (unpaired) electrons. The lowest BCUT2D eigenvalue weighted by Gasteiger charge is -2.14. The number of carboxylic acids is 1. The van der Waals surface area contributed by atoms with Crippen LogP contribution in [0, 0.1) is 13.8 Å². The Bertz CT molecular complexity index is 958. The van der Waals surface area contributed by atoms with E-state index in [0.717, 1.165) is 21.5 Å². The molecule has 3 aromatic rings. The Hall–Kier alpha value is -2.67. The third-order valence-corrected chi connectivity index (χ3v) is 5.06. The van der Waals surface area contributed by atoms with Gasteiger partial charge in [0.25, 0.3) is 0 Å². The number of benzene rings is 1. The van der Waals surface area contributed by atoms with Gasteiger partial charge in [0.15, 0.2) is 0 Å². The van der Waals surface area contributed by atoms with Gasteiger partial charge in [-0.1, -0.05) is 0 Å². The number of anilines is 1. The molecule has 0 spiro atoms. The summed E-state index contributed by atoms with van der Waals surface area (Å²) in [4.78, 5) is 23.7. The molecule has 0 bridgehead atoms. The molecule has 0 aliphatic rings. The molecule has 0 saturated heterocycles. The number of carboxylic acid groups (broad SMARTS) is 1. The number of aromatic carboxylic acids is 1. The van der Waals surface area contributed by atoms with E-state index >= 15 is 0 Å². The summed E-state index contributed by atoms with van der Waals surface area (Å²) in [6.07, 6.45) is 0.310. The fourth-order valence-corrected chi connectivity index (χ4v) is 3.77. The van der Waals surface area contributed by atoms with Gasteiger partial charge < -0.3 is 10.4 Å². The number of carbonyl (C=O) groups excluding carboxylic acids is 1. The first-order valence-corrected chi connectivity index (χ1v) is 8.74. The minimum absolute atomic E-state index is 0.0443. The molecule has 6 nitrogen and oxygen atoms in total. The van der Waals surface area contributed by atoms with Crippen LogP contribution in [0.2, 0.25) is 0 Å². The smallest absolute Gasteiger partial charge is 0.345 e. The standard InChI is InChI=1S/C18H19N3O3S/c1-10-6-11(2)21(20-10)12(3)7-17(22)19-14-4-5-15-13(8-14)9-16(25-15)18(23)24/h4-6,8-9,12H,7H2,1-3H3,(H,19,22)(H,23,24). The molecule has 0 fully saturated rings. The van der Waals surface area contributed by atoms with Gasteiger partial charge in [0, 0.05) is 22.5 Å². The van der Waals surface area contributed by atoms with Crippen molar-refractivity contribution in [3.8, 4) is 0 Å². The number of fused-ring (bicyclic) bond motifs is 1. The van der Waals surface area contributed by atoms with Gasteiger partial charge >= 0.3 is 5.97 Å². The van der Waals surface area contributed by atoms with E-state index in [0.29, 0.717) is 12.1 Å². The van der Waals surface area contributed by atoms with E-state index in [9.17, 15) is 9.59 Å². The van der Waals surface area contributed by atoms with E-state index in [-0.39, 0.29) is 16.8 Å². The molecule has 1 aromatic carbocycles. The van der Waals surface area contributed by atoms with Crippen molar-refractivity contribution in [1.29, 1.82) is 0 Å². The normalized spacial score (nSPS) is 12.3. The van der Waals surface area contributed by atoms with Gasteiger partial charge in [-0.15, -0.1) is 11.3 Å². The summed E-state index contributed by atoms with van der Waals surface area (Å²) in [5, 5.41) is 17.2. The average molecular weight is 357 g/mol. The number of carbonyl (C=O) groups is 2. The van der Waals surface area contributed by atoms with Crippen LogP contribution in [0.5, 0.6) is 0 Å². The molecule has 130 valence electrons. The zero-order valence-corrected chi connectivity index (χ0v) is 15.1. The Morgan fingerprint density at radius 2 is 2.04 bits per heavy atom. The fourth-order valence-electron chi connectivity index (χ4n) is 2.89. The van der Waals surface area contributed by atoms with Crippen LogP contribution >= 0.6 is 11.3 Å². The number of hydrogen-bond donors (Lipinski definition) is 2. The summed E-state index contributed by atoms with van der Waals surface area (Å²) in [6, 6.07) is 8.97. The molecule has 0 aliphatic heterocycles. The largest absolute Gasteiger partial charge is 0.477 e. The summed E-state index contributed by atoms with van der Waals surface area (Å²) in [5.41, 5.74) is 2.62. The minimum atomic E-state index is -0.939. The van der Waals surface area contributed by atoms with Gasteiger partial charge in [-0.05, 0) is 56.5 Å². The minimum Gasteiger partial charge on any atom is -0.477 e. The van der Waals surface area contributed by atoms with Gasteiger partial charge in [0.1, 0.15) is 4.88 Å². The first kappa shape index (κ1) is 17.2. The highest BCUT2D eigenvalue weighted by Crippen LogP contribution is 2.28. The number of amides is 1. The van der Waals surface area contributed by atoms with Gasteiger partial charge in [-0.25, -0.2) is 4.79 Å². The van der Waals surface area contributed by atoms with Gasteiger partial charge in [-0.3, -0.25) is 9.48 Å². The summed E-state index contributed by atoms with van der Waals surface area (Å²) < 4.78 is 2.74. The zero-order valence-electron chi connectivity index (χ0n) is 14.2. The highest BCUT2D eigenvalue weighted by Gasteiger charge is 2.15. The fraction of sp³-hybridized carbons (Fsp3) is 0.278. The highest BCUT2D eigenvalue weighted by atomic mass is 32.1. The molecular weight excluding hydrogens is 338 g/mol. The van der Waals surface area contributed by atoms with Crippen molar-refractivity contribution in [3.63, 3.8) is 0 Å². The van der Waals surface area contributed by atoms with Crippen LogP contribution in [-0.2, 0) is 4.79 Å². The molecular formula is C18H19N3O3S. The van der Waals surface area contributed by atoms with E-state index in [1.54, 1.807) is 18.2 Å². The Morgan fingerprint density at radius 1 is 1.28 bits per heavy atom. The maximum Gasteiger partial charge on any atom is 0.345 e. The van der Waals surface area contributed by atoms with Crippen molar-refractivity contribution in [2.45, 2.75) is 33.2 Å². The maximum atomic E-state index is 12.3. The Kier molecular flexibility index (Phi) is 4.59. The Morgan fingerprint density at radius 3 is 2.68 bits per heavy atom. The highest BCUT2D eigenvalue weighted by molar-refractivity contribution is 7.20. The lowest BCUT2D eigenvalue weighted by molar-refractivity contribution is -0.116. The molecule has 1 unspecified atom stereocenters. The zero-order chi connectivity index (χ0) is 18.1. The third-order valence-electron chi connectivity index (χ3n) is 3.95. The van der Waals surface area contributed by atoms with Crippen molar-refractivity contribution >= 4 is 39.0 Å². The first-order chi connectivity index (χ1) is 11.8. The van der Waals surface area contributed by atoms with Crippen LogP contribution in [0.3, 0.4) is 0 Å².